The van der Waals surface area contributed by atoms with Gasteiger partial charge in [-0.05, 0) is 25.3 Å². The summed E-state index contributed by atoms with van der Waals surface area (Å²) in [6.45, 7) is 2.99. The molecule has 1 fully saturated rings. The molecule has 9 nitrogen and oxygen atoms in total. The number of aromatic nitrogens is 5. The second-order valence-corrected chi connectivity index (χ2v) is 5.75. The fraction of sp³-hybridized carbons (Fsp3) is 0.533. The number of nitrogens with zero attached hydrogens (tertiary/aromatic N) is 6. The maximum atomic E-state index is 12.0. The fourth-order valence-corrected chi connectivity index (χ4v) is 2.76. The maximum absolute atomic E-state index is 12.0. The van der Waals surface area contributed by atoms with Crippen molar-refractivity contribution in [2.24, 2.45) is 0 Å². The van der Waals surface area contributed by atoms with Crippen LogP contribution in [0.25, 0.3) is 0 Å². The minimum atomic E-state index is -0.130. The van der Waals surface area contributed by atoms with Gasteiger partial charge in [0.2, 0.25) is 5.95 Å². The van der Waals surface area contributed by atoms with Gasteiger partial charge in [0.25, 0.3) is 0 Å². The first-order chi connectivity index (χ1) is 11.8. The van der Waals surface area contributed by atoms with E-state index in [1.54, 1.807) is 29.5 Å². The molecule has 2 aromatic heterocycles. The van der Waals surface area contributed by atoms with Crippen LogP contribution in [0.1, 0.15) is 19.3 Å². The number of nitrogens with one attached hydrogen (secondary N) is 2. The lowest BCUT2D eigenvalue weighted by Crippen LogP contribution is -2.51. The van der Waals surface area contributed by atoms with Gasteiger partial charge in [-0.15, -0.1) is 0 Å². The summed E-state index contributed by atoms with van der Waals surface area (Å²) in [5.74, 6) is 0.720. The van der Waals surface area contributed by atoms with Crippen LogP contribution in [0.3, 0.4) is 0 Å². The van der Waals surface area contributed by atoms with Gasteiger partial charge in [0.1, 0.15) is 12.7 Å². The number of anilines is 1. The van der Waals surface area contributed by atoms with Crippen LogP contribution in [0.2, 0.25) is 0 Å². The van der Waals surface area contributed by atoms with Crippen molar-refractivity contribution in [3.63, 3.8) is 0 Å². The van der Waals surface area contributed by atoms with Gasteiger partial charge >= 0.3 is 6.03 Å². The van der Waals surface area contributed by atoms with Crippen LogP contribution in [-0.4, -0.2) is 56.4 Å². The van der Waals surface area contributed by atoms with Crippen LogP contribution in [0.5, 0.6) is 0 Å². The summed E-state index contributed by atoms with van der Waals surface area (Å²) in [7, 11) is 0. The molecule has 2 aromatic rings. The van der Waals surface area contributed by atoms with Crippen LogP contribution < -0.4 is 15.5 Å². The predicted molar refractivity (Wildman–Crippen MR) is 88.4 cm³/mol. The molecular weight excluding hydrogens is 308 g/mol. The average molecular weight is 330 g/mol. The molecule has 3 heterocycles. The first-order valence-corrected chi connectivity index (χ1v) is 8.20. The Morgan fingerprint density at radius 3 is 3.00 bits per heavy atom. The van der Waals surface area contributed by atoms with Crippen LogP contribution in [0.15, 0.2) is 31.1 Å². The van der Waals surface area contributed by atoms with E-state index in [4.69, 9.17) is 0 Å². The van der Waals surface area contributed by atoms with E-state index in [2.05, 4.69) is 35.6 Å². The van der Waals surface area contributed by atoms with Gasteiger partial charge in [0.05, 0.1) is 0 Å². The van der Waals surface area contributed by atoms with Gasteiger partial charge in [-0.2, -0.15) is 5.10 Å². The lowest BCUT2D eigenvalue weighted by Gasteiger charge is -2.33. The maximum Gasteiger partial charge on any atom is 0.315 e. The number of piperidine rings is 1. The molecule has 0 bridgehead atoms. The van der Waals surface area contributed by atoms with Crippen molar-refractivity contribution in [2.45, 2.75) is 31.8 Å². The van der Waals surface area contributed by atoms with Crippen molar-refractivity contribution >= 4 is 12.0 Å². The molecule has 128 valence electrons. The number of carbonyl (C=O) groups is 1. The Hall–Kier alpha value is -2.71. The van der Waals surface area contributed by atoms with Gasteiger partial charge in [0, 0.05) is 44.6 Å². The highest BCUT2D eigenvalue weighted by Crippen LogP contribution is 2.15. The van der Waals surface area contributed by atoms with Gasteiger partial charge in [-0.1, -0.05) is 0 Å². The number of aryl methyl sites for hydroxylation is 1. The average Bonchev–Trinajstić information content (AvgIpc) is 3.13. The molecule has 3 rings (SSSR count). The summed E-state index contributed by atoms with van der Waals surface area (Å²) in [6, 6.07) is 1.78. The molecule has 1 atom stereocenters. The number of urea groups is 1. The minimum absolute atomic E-state index is 0.109. The van der Waals surface area contributed by atoms with E-state index in [0.29, 0.717) is 6.54 Å². The molecule has 1 unspecified atom stereocenters. The largest absolute Gasteiger partial charge is 0.339 e. The van der Waals surface area contributed by atoms with Crippen molar-refractivity contribution < 1.29 is 4.79 Å². The normalized spacial score (nSPS) is 17.5. The number of rotatable bonds is 6. The van der Waals surface area contributed by atoms with Gasteiger partial charge in [0.15, 0.2) is 0 Å². The highest BCUT2D eigenvalue weighted by Gasteiger charge is 2.22. The van der Waals surface area contributed by atoms with Crippen molar-refractivity contribution in [1.82, 2.24) is 35.4 Å². The first kappa shape index (κ1) is 16.2. The second kappa shape index (κ2) is 8.23. The Balaban J connectivity index is 1.38. The molecule has 2 N–H and O–H groups in total. The summed E-state index contributed by atoms with van der Waals surface area (Å²) in [6.07, 6.45) is 9.44. The predicted octanol–water partition coefficient (Wildman–Crippen LogP) is 0.426. The number of hydrogen-bond acceptors (Lipinski definition) is 6. The third-order valence-electron chi connectivity index (χ3n) is 3.91. The monoisotopic (exact) mass is 330 g/mol. The summed E-state index contributed by atoms with van der Waals surface area (Å²) in [5, 5.41) is 9.94. The molecule has 9 heteroatoms. The molecule has 2 amide bonds. The fourth-order valence-electron chi connectivity index (χ4n) is 2.76. The van der Waals surface area contributed by atoms with E-state index < -0.39 is 0 Å². The lowest BCUT2D eigenvalue weighted by atomic mass is 10.1. The first-order valence-electron chi connectivity index (χ1n) is 8.20. The Labute approximate surface area is 140 Å². The summed E-state index contributed by atoms with van der Waals surface area (Å²) in [4.78, 5) is 26.6. The molecule has 0 radical (unpaired) electrons. The highest BCUT2D eigenvalue weighted by molar-refractivity contribution is 5.74. The zero-order valence-corrected chi connectivity index (χ0v) is 13.5. The standard InChI is InChI=1S/C15H22N8O/c24-15(19-7-3-9-23-12-16-11-20-23)21-13-4-1-8-22(10-13)14-17-5-2-6-18-14/h2,5-6,11-13H,1,3-4,7-10H2,(H2,19,21,24). The molecule has 1 aliphatic rings. The Morgan fingerprint density at radius 1 is 1.33 bits per heavy atom. The van der Waals surface area contributed by atoms with Gasteiger partial charge in [-0.25, -0.2) is 19.7 Å². The molecular formula is C15H22N8O. The Morgan fingerprint density at radius 2 is 2.21 bits per heavy atom. The minimum Gasteiger partial charge on any atom is -0.339 e. The van der Waals surface area contributed by atoms with Gasteiger partial charge in [-0.3, -0.25) is 4.68 Å². The van der Waals surface area contributed by atoms with Crippen molar-refractivity contribution in [1.29, 1.82) is 0 Å². The van der Waals surface area contributed by atoms with E-state index in [9.17, 15) is 4.79 Å². The topological polar surface area (TPSA) is 101 Å². The summed E-state index contributed by atoms with van der Waals surface area (Å²) < 4.78 is 1.75. The van der Waals surface area contributed by atoms with E-state index >= 15 is 0 Å². The molecule has 0 aromatic carbocycles. The van der Waals surface area contributed by atoms with Crippen molar-refractivity contribution in [2.75, 3.05) is 24.5 Å². The van der Waals surface area contributed by atoms with Crippen LogP contribution in [0.4, 0.5) is 10.7 Å². The van der Waals surface area contributed by atoms with Crippen LogP contribution in [-0.2, 0) is 6.54 Å². The Bertz CT molecular complexity index is 618. The Kier molecular flexibility index (Phi) is 5.54. The smallest absolute Gasteiger partial charge is 0.315 e. The zero-order valence-electron chi connectivity index (χ0n) is 13.5. The highest BCUT2D eigenvalue weighted by atomic mass is 16.2. The van der Waals surface area contributed by atoms with Crippen molar-refractivity contribution in [3.05, 3.63) is 31.1 Å². The second-order valence-electron chi connectivity index (χ2n) is 5.75. The molecule has 0 aliphatic carbocycles. The lowest BCUT2D eigenvalue weighted by molar-refractivity contribution is 0.234. The van der Waals surface area contributed by atoms with Crippen molar-refractivity contribution in [3.8, 4) is 0 Å². The molecule has 0 saturated carbocycles. The van der Waals surface area contributed by atoms with Crippen LogP contribution in [0, 0.1) is 0 Å². The molecule has 1 saturated heterocycles. The van der Waals surface area contributed by atoms with Crippen LogP contribution >= 0.6 is 0 Å². The molecule has 0 spiro atoms. The summed E-state index contributed by atoms with van der Waals surface area (Å²) >= 11 is 0. The SMILES string of the molecule is O=C(NCCCn1cncn1)NC1CCCN(c2ncccn2)C1. The van der Waals surface area contributed by atoms with Gasteiger partial charge < -0.3 is 15.5 Å². The molecule has 1 aliphatic heterocycles. The number of hydrogen-bond donors (Lipinski definition) is 2. The molecule has 24 heavy (non-hydrogen) atoms. The van der Waals surface area contributed by atoms with E-state index in [1.807, 2.05) is 0 Å². The summed E-state index contributed by atoms with van der Waals surface area (Å²) in [5.41, 5.74) is 0. The number of carbonyl (C=O) groups excluding carboxylic acids is 1. The zero-order chi connectivity index (χ0) is 16.6. The third-order valence-corrected chi connectivity index (χ3v) is 3.91. The van der Waals surface area contributed by atoms with E-state index in [-0.39, 0.29) is 12.1 Å². The quantitative estimate of drug-likeness (QED) is 0.745. The number of amides is 2. The van der Waals surface area contributed by atoms with E-state index in [1.165, 1.54) is 6.33 Å². The third kappa shape index (κ3) is 4.64. The van der Waals surface area contributed by atoms with E-state index in [0.717, 1.165) is 44.8 Å².